The molecule has 284 valence electrons. The molecule has 0 saturated heterocycles. The van der Waals surface area contributed by atoms with E-state index >= 15 is 0 Å². The van der Waals surface area contributed by atoms with Gasteiger partial charge in [-0.05, 0) is 111 Å². The van der Waals surface area contributed by atoms with Crippen LogP contribution >= 0.6 is 0 Å². The van der Waals surface area contributed by atoms with Crippen molar-refractivity contribution in [2.45, 2.75) is 38.6 Å². The van der Waals surface area contributed by atoms with E-state index in [0.717, 1.165) is 97.1 Å². The highest BCUT2D eigenvalue weighted by molar-refractivity contribution is 6.22. The molecule has 6 rings (SSSR count). The molecular formula is C41H25F12NO. The zero-order valence-corrected chi connectivity index (χ0v) is 28.3. The maximum absolute atomic E-state index is 13.8. The summed E-state index contributed by atoms with van der Waals surface area (Å²) < 4.78 is 165. The van der Waals surface area contributed by atoms with Gasteiger partial charge in [-0.1, -0.05) is 54.6 Å². The fourth-order valence-corrected chi connectivity index (χ4v) is 6.52. The van der Waals surface area contributed by atoms with Crippen molar-refractivity contribution < 1.29 is 57.5 Å². The molecule has 0 unspecified atom stereocenters. The molecular weight excluding hydrogens is 750 g/mol. The molecule has 0 heterocycles. The second kappa shape index (κ2) is 13.8. The third-order valence-corrected chi connectivity index (χ3v) is 8.87. The van der Waals surface area contributed by atoms with E-state index in [4.69, 9.17) is 0 Å². The number of nitrogens with one attached hydrogen (secondary N) is 1. The molecule has 0 fully saturated rings. The minimum atomic E-state index is -4.80. The summed E-state index contributed by atoms with van der Waals surface area (Å²) >= 11 is 0. The average molecular weight is 776 g/mol. The lowest BCUT2D eigenvalue weighted by Crippen LogP contribution is -2.09. The second-order valence-electron chi connectivity index (χ2n) is 12.7. The van der Waals surface area contributed by atoms with Crippen LogP contribution in [0.5, 0.6) is 0 Å². The highest BCUT2D eigenvalue weighted by atomic mass is 19.4. The van der Waals surface area contributed by atoms with Crippen molar-refractivity contribution in [2.24, 2.45) is 0 Å². The Morgan fingerprint density at radius 3 is 1.04 bits per heavy atom. The van der Waals surface area contributed by atoms with Gasteiger partial charge in [0, 0.05) is 23.6 Å². The average Bonchev–Trinajstić information content (AvgIpc) is 3.09. The maximum atomic E-state index is 13.8. The number of rotatable bonds is 5. The number of aryl methyl sites for hydroxylation is 1. The van der Waals surface area contributed by atoms with Crippen LogP contribution in [0.3, 0.4) is 0 Å². The summed E-state index contributed by atoms with van der Waals surface area (Å²) in [5, 5.41) is 3.04. The SMILES string of the molecule is CC(=O)Nc1cc(C)cc2c(-c3ccc(C(F)(F)F)cc3)c(-c3ccc(C(F)(F)F)cc3)c(-c3ccc(C(F)(F)F)cc3)c(-c3ccc(C(F)(F)F)cc3)c12. The molecule has 14 heteroatoms. The predicted octanol–water partition coefficient (Wildman–Crippen LogP) is 13.8. The molecule has 0 aliphatic carbocycles. The Bertz CT molecular complexity index is 2390. The number of benzene rings is 6. The van der Waals surface area contributed by atoms with Gasteiger partial charge < -0.3 is 5.32 Å². The Hall–Kier alpha value is -5.79. The Labute approximate surface area is 305 Å². The van der Waals surface area contributed by atoms with Gasteiger partial charge in [-0.15, -0.1) is 0 Å². The van der Waals surface area contributed by atoms with E-state index < -0.39 is 52.9 Å². The minimum Gasteiger partial charge on any atom is -0.326 e. The van der Waals surface area contributed by atoms with Crippen LogP contribution < -0.4 is 5.32 Å². The monoisotopic (exact) mass is 775 g/mol. The maximum Gasteiger partial charge on any atom is 0.416 e. The van der Waals surface area contributed by atoms with Crippen molar-refractivity contribution in [2.75, 3.05) is 5.32 Å². The van der Waals surface area contributed by atoms with Gasteiger partial charge in [0.25, 0.3) is 0 Å². The molecule has 1 amide bonds. The molecule has 6 aromatic rings. The standard InChI is InChI=1S/C41H25F12NO/c1-21-19-31-33(23-3-11-27(12-4-23)38(42,43)44)34(24-5-13-28(14-6-24)39(45,46)47)35(25-7-15-29(16-8-25)40(48,49)50)36(37(31)32(20-21)54-22(2)55)26-9-17-30(18-10-26)41(51,52)53/h3-20H,1-2H3,(H,54,55). The van der Waals surface area contributed by atoms with E-state index in [1.165, 1.54) is 13.0 Å². The van der Waals surface area contributed by atoms with E-state index in [1.807, 2.05) is 0 Å². The van der Waals surface area contributed by atoms with E-state index in [-0.39, 0.29) is 61.0 Å². The lowest BCUT2D eigenvalue weighted by molar-refractivity contribution is -0.138. The summed E-state index contributed by atoms with van der Waals surface area (Å²) in [5.74, 6) is -0.593. The lowest BCUT2D eigenvalue weighted by atomic mass is 9.77. The van der Waals surface area contributed by atoms with Crippen LogP contribution in [0.4, 0.5) is 58.4 Å². The van der Waals surface area contributed by atoms with Crippen molar-refractivity contribution in [1.29, 1.82) is 0 Å². The van der Waals surface area contributed by atoms with Crippen LogP contribution in [0.15, 0.2) is 109 Å². The molecule has 55 heavy (non-hydrogen) atoms. The van der Waals surface area contributed by atoms with Gasteiger partial charge in [-0.2, -0.15) is 52.7 Å². The summed E-state index contributed by atoms with van der Waals surface area (Å²) in [4.78, 5) is 12.6. The van der Waals surface area contributed by atoms with Crippen molar-refractivity contribution in [3.05, 3.63) is 137 Å². The summed E-state index contributed by atoms with van der Waals surface area (Å²) in [6.45, 7) is 2.80. The fourth-order valence-electron chi connectivity index (χ4n) is 6.52. The smallest absolute Gasteiger partial charge is 0.326 e. The molecule has 0 spiro atoms. The number of anilines is 1. The van der Waals surface area contributed by atoms with Crippen molar-refractivity contribution in [3.8, 4) is 44.5 Å². The molecule has 0 aromatic heterocycles. The number of hydrogen-bond acceptors (Lipinski definition) is 1. The largest absolute Gasteiger partial charge is 0.416 e. The van der Waals surface area contributed by atoms with E-state index in [1.54, 1.807) is 13.0 Å². The highest BCUT2D eigenvalue weighted by Crippen LogP contribution is 2.53. The first-order chi connectivity index (χ1) is 25.5. The van der Waals surface area contributed by atoms with Crippen LogP contribution in [-0.2, 0) is 29.5 Å². The zero-order valence-electron chi connectivity index (χ0n) is 28.3. The highest BCUT2D eigenvalue weighted by Gasteiger charge is 2.35. The first-order valence-corrected chi connectivity index (χ1v) is 16.2. The van der Waals surface area contributed by atoms with E-state index in [2.05, 4.69) is 5.32 Å². The molecule has 0 radical (unpaired) electrons. The van der Waals surface area contributed by atoms with Gasteiger partial charge in [0.2, 0.25) is 5.91 Å². The van der Waals surface area contributed by atoms with Crippen LogP contribution in [0, 0.1) is 6.92 Å². The number of fused-ring (bicyclic) bond motifs is 1. The van der Waals surface area contributed by atoms with Gasteiger partial charge in [0.15, 0.2) is 0 Å². The van der Waals surface area contributed by atoms with E-state index in [9.17, 15) is 57.5 Å². The summed E-state index contributed by atoms with van der Waals surface area (Å²) in [6, 6.07) is 18.0. The van der Waals surface area contributed by atoms with E-state index in [0.29, 0.717) is 5.56 Å². The number of carbonyl (C=O) groups is 1. The molecule has 6 aromatic carbocycles. The van der Waals surface area contributed by atoms with Crippen LogP contribution in [0.25, 0.3) is 55.3 Å². The number of alkyl halides is 12. The Morgan fingerprint density at radius 2 is 0.727 bits per heavy atom. The first-order valence-electron chi connectivity index (χ1n) is 16.2. The summed E-state index contributed by atoms with van der Waals surface area (Å²) in [6.07, 6.45) is -19.1. The fraction of sp³-hybridized carbons (Fsp3) is 0.146. The minimum absolute atomic E-state index is 0.00564. The normalized spacial score (nSPS) is 12.6. The zero-order chi connectivity index (χ0) is 40.2. The molecule has 1 N–H and O–H groups in total. The molecule has 0 saturated carbocycles. The molecule has 0 aliphatic rings. The van der Waals surface area contributed by atoms with Crippen LogP contribution in [0.1, 0.15) is 34.7 Å². The molecule has 0 bridgehead atoms. The lowest BCUT2D eigenvalue weighted by Gasteiger charge is -2.26. The first kappa shape index (κ1) is 38.9. The molecule has 2 nitrogen and oxygen atoms in total. The second-order valence-corrected chi connectivity index (χ2v) is 12.7. The van der Waals surface area contributed by atoms with Gasteiger partial charge >= 0.3 is 24.7 Å². The third-order valence-electron chi connectivity index (χ3n) is 8.87. The number of amides is 1. The van der Waals surface area contributed by atoms with Crippen LogP contribution in [0.2, 0.25) is 0 Å². The summed E-state index contributed by atoms with van der Waals surface area (Å²) in [5.41, 5.74) is -3.18. The number of hydrogen-bond donors (Lipinski definition) is 1. The van der Waals surface area contributed by atoms with Crippen molar-refractivity contribution >= 4 is 22.4 Å². The molecule has 0 aliphatic heterocycles. The van der Waals surface area contributed by atoms with Gasteiger partial charge in [-0.25, -0.2) is 0 Å². The topological polar surface area (TPSA) is 29.1 Å². The number of carbonyl (C=O) groups excluding carboxylic acids is 1. The van der Waals surface area contributed by atoms with Gasteiger partial charge in [-0.3, -0.25) is 4.79 Å². The predicted molar refractivity (Wildman–Crippen MR) is 185 cm³/mol. The third kappa shape index (κ3) is 7.89. The van der Waals surface area contributed by atoms with Crippen molar-refractivity contribution in [1.82, 2.24) is 0 Å². The van der Waals surface area contributed by atoms with Gasteiger partial charge in [0.1, 0.15) is 0 Å². The Kier molecular flexibility index (Phi) is 9.77. The molecule has 0 atom stereocenters. The summed E-state index contributed by atoms with van der Waals surface area (Å²) in [7, 11) is 0. The van der Waals surface area contributed by atoms with Gasteiger partial charge in [0.05, 0.1) is 22.3 Å². The van der Waals surface area contributed by atoms with Crippen molar-refractivity contribution in [3.63, 3.8) is 0 Å². The number of halogens is 12. The van der Waals surface area contributed by atoms with Crippen LogP contribution in [-0.4, -0.2) is 5.91 Å². The Balaban J connectivity index is 1.89. The Morgan fingerprint density at radius 1 is 0.436 bits per heavy atom. The quantitative estimate of drug-likeness (QED) is 0.174.